The maximum atomic E-state index is 12.0. The molecule has 2 amide bonds. The summed E-state index contributed by atoms with van der Waals surface area (Å²) in [6.07, 6.45) is 28.6. The average molecular weight is 571 g/mol. The number of aliphatic carboxylic acids is 1. The zero-order chi connectivity index (χ0) is 28.7. The van der Waals surface area contributed by atoms with E-state index in [9.17, 15) is 14.4 Å². The average Bonchev–Trinajstić information content (AvgIpc) is 2.92. The van der Waals surface area contributed by atoms with Crippen LogP contribution in [0.2, 0.25) is 0 Å². The van der Waals surface area contributed by atoms with Crippen molar-refractivity contribution in [2.75, 3.05) is 24.6 Å². The fraction of sp³-hybridized carbons (Fsp3) is 0.906. The van der Waals surface area contributed by atoms with E-state index in [1.165, 1.54) is 114 Å². The van der Waals surface area contributed by atoms with E-state index in [-0.39, 0.29) is 18.4 Å². The molecule has 6 nitrogen and oxygen atoms in total. The fourth-order valence-electron chi connectivity index (χ4n) is 4.69. The van der Waals surface area contributed by atoms with E-state index in [0.29, 0.717) is 12.8 Å². The number of rotatable bonds is 31. The Labute approximate surface area is 245 Å². The molecular formula is C32H62N2O4S. The number of amides is 2. The summed E-state index contributed by atoms with van der Waals surface area (Å²) in [5, 5.41) is 14.0. The molecule has 0 saturated heterocycles. The Balaban J connectivity index is 3.21. The summed E-state index contributed by atoms with van der Waals surface area (Å²) < 4.78 is 0. The molecule has 0 aliphatic carbocycles. The molecule has 0 aromatic rings. The molecule has 0 atom stereocenters. The standard InChI is InChI=1S/C32H62N2O4S/c1-2-3-4-5-6-7-10-13-17-22-27-39-28-23-18-15-20-24-30(35)33-26-21-16-12-9-8-11-14-19-25-31(36)34-29-32(37)38/h2-29H2,1H3,(H,33,35)(H,34,36)(H,37,38). The molecule has 0 radical (unpaired) electrons. The van der Waals surface area contributed by atoms with Gasteiger partial charge in [-0.1, -0.05) is 116 Å². The maximum absolute atomic E-state index is 12.0. The van der Waals surface area contributed by atoms with Crippen LogP contribution in [0.3, 0.4) is 0 Å². The van der Waals surface area contributed by atoms with E-state index < -0.39 is 5.97 Å². The predicted octanol–water partition coefficient (Wildman–Crippen LogP) is 8.42. The van der Waals surface area contributed by atoms with Gasteiger partial charge in [-0.3, -0.25) is 14.4 Å². The first-order chi connectivity index (χ1) is 19.1. The first-order valence-corrected chi connectivity index (χ1v) is 17.5. The molecule has 0 aliphatic heterocycles. The van der Waals surface area contributed by atoms with Crippen LogP contribution in [-0.2, 0) is 14.4 Å². The van der Waals surface area contributed by atoms with Gasteiger partial charge < -0.3 is 15.7 Å². The lowest BCUT2D eigenvalue weighted by atomic mass is 10.1. The van der Waals surface area contributed by atoms with Crippen LogP contribution in [0.25, 0.3) is 0 Å². The Hall–Kier alpha value is -1.24. The molecule has 230 valence electrons. The van der Waals surface area contributed by atoms with E-state index >= 15 is 0 Å². The monoisotopic (exact) mass is 570 g/mol. The molecular weight excluding hydrogens is 508 g/mol. The van der Waals surface area contributed by atoms with Crippen molar-refractivity contribution in [3.8, 4) is 0 Å². The van der Waals surface area contributed by atoms with Gasteiger partial charge in [0.25, 0.3) is 0 Å². The van der Waals surface area contributed by atoms with E-state index in [1.54, 1.807) is 0 Å². The van der Waals surface area contributed by atoms with Gasteiger partial charge in [-0.2, -0.15) is 11.8 Å². The Morgan fingerprint density at radius 3 is 1.36 bits per heavy atom. The number of nitrogens with one attached hydrogen (secondary N) is 2. The number of unbranched alkanes of at least 4 members (excludes halogenated alkanes) is 19. The largest absolute Gasteiger partial charge is 0.480 e. The second-order valence-corrected chi connectivity index (χ2v) is 12.3. The van der Waals surface area contributed by atoms with E-state index in [2.05, 4.69) is 29.3 Å². The number of hydrogen-bond acceptors (Lipinski definition) is 4. The summed E-state index contributed by atoms with van der Waals surface area (Å²) in [7, 11) is 0. The van der Waals surface area contributed by atoms with Gasteiger partial charge in [0.1, 0.15) is 6.54 Å². The number of carbonyl (C=O) groups is 3. The van der Waals surface area contributed by atoms with Crippen molar-refractivity contribution in [2.24, 2.45) is 0 Å². The molecule has 7 heteroatoms. The third-order valence-corrected chi connectivity index (χ3v) is 8.33. The lowest BCUT2D eigenvalue weighted by Crippen LogP contribution is -2.28. The van der Waals surface area contributed by atoms with Crippen LogP contribution in [0.5, 0.6) is 0 Å². The van der Waals surface area contributed by atoms with Crippen molar-refractivity contribution in [3.05, 3.63) is 0 Å². The summed E-state index contributed by atoms with van der Waals surface area (Å²) in [4.78, 5) is 33.8. The highest BCUT2D eigenvalue weighted by Gasteiger charge is 2.04. The van der Waals surface area contributed by atoms with Crippen molar-refractivity contribution in [2.45, 2.75) is 161 Å². The van der Waals surface area contributed by atoms with Crippen LogP contribution in [-0.4, -0.2) is 47.5 Å². The highest BCUT2D eigenvalue weighted by molar-refractivity contribution is 7.99. The molecule has 0 aromatic carbocycles. The Kier molecular flexibility index (Phi) is 30.3. The topological polar surface area (TPSA) is 95.5 Å². The third-order valence-electron chi connectivity index (χ3n) is 7.17. The smallest absolute Gasteiger partial charge is 0.322 e. The minimum absolute atomic E-state index is 0.177. The summed E-state index contributed by atoms with van der Waals surface area (Å²) in [6.45, 7) is 2.78. The maximum Gasteiger partial charge on any atom is 0.322 e. The molecule has 0 aliphatic rings. The minimum atomic E-state index is -1.01. The predicted molar refractivity (Wildman–Crippen MR) is 167 cm³/mol. The Morgan fingerprint density at radius 1 is 0.513 bits per heavy atom. The highest BCUT2D eigenvalue weighted by Crippen LogP contribution is 2.14. The van der Waals surface area contributed by atoms with E-state index in [0.717, 1.165) is 45.1 Å². The van der Waals surface area contributed by atoms with Gasteiger partial charge in [0, 0.05) is 19.4 Å². The van der Waals surface area contributed by atoms with Crippen molar-refractivity contribution in [1.29, 1.82) is 0 Å². The van der Waals surface area contributed by atoms with Crippen LogP contribution < -0.4 is 10.6 Å². The van der Waals surface area contributed by atoms with Crippen LogP contribution in [0, 0.1) is 0 Å². The molecule has 39 heavy (non-hydrogen) atoms. The molecule has 0 spiro atoms. The lowest BCUT2D eigenvalue weighted by molar-refractivity contribution is -0.138. The van der Waals surface area contributed by atoms with E-state index in [4.69, 9.17) is 5.11 Å². The molecule has 0 bridgehead atoms. The minimum Gasteiger partial charge on any atom is -0.480 e. The molecule has 0 heterocycles. The van der Waals surface area contributed by atoms with Gasteiger partial charge in [0.2, 0.25) is 11.8 Å². The fourth-order valence-corrected chi connectivity index (χ4v) is 5.71. The van der Waals surface area contributed by atoms with E-state index in [1.807, 2.05) is 0 Å². The Morgan fingerprint density at radius 2 is 0.897 bits per heavy atom. The van der Waals surface area contributed by atoms with Crippen molar-refractivity contribution >= 4 is 29.5 Å². The van der Waals surface area contributed by atoms with Gasteiger partial charge in [-0.25, -0.2) is 0 Å². The zero-order valence-corrected chi connectivity index (χ0v) is 26.2. The summed E-state index contributed by atoms with van der Waals surface area (Å²) in [5.41, 5.74) is 0. The van der Waals surface area contributed by atoms with Gasteiger partial charge in [0.05, 0.1) is 0 Å². The quantitative estimate of drug-likeness (QED) is 0.0727. The van der Waals surface area contributed by atoms with Crippen molar-refractivity contribution < 1.29 is 19.5 Å². The van der Waals surface area contributed by atoms with Crippen molar-refractivity contribution in [1.82, 2.24) is 10.6 Å². The van der Waals surface area contributed by atoms with Gasteiger partial charge in [0.15, 0.2) is 0 Å². The Bertz CT molecular complexity index is 574. The normalized spacial score (nSPS) is 11.0. The van der Waals surface area contributed by atoms with Crippen LogP contribution in [0.1, 0.15) is 161 Å². The number of carbonyl (C=O) groups excluding carboxylic acids is 2. The molecule has 3 N–H and O–H groups in total. The highest BCUT2D eigenvalue weighted by atomic mass is 32.2. The summed E-state index contributed by atoms with van der Waals surface area (Å²) >= 11 is 2.11. The zero-order valence-electron chi connectivity index (χ0n) is 25.4. The van der Waals surface area contributed by atoms with Crippen LogP contribution in [0.4, 0.5) is 0 Å². The first kappa shape index (κ1) is 37.8. The lowest BCUT2D eigenvalue weighted by Gasteiger charge is -2.06. The SMILES string of the molecule is CCCCCCCCCCCCSCCCCCCC(=O)NCCCCCCCCCCC(=O)NCC(=O)O. The third kappa shape index (κ3) is 32.9. The number of hydrogen-bond donors (Lipinski definition) is 3. The summed E-state index contributed by atoms with van der Waals surface area (Å²) in [6, 6.07) is 0. The molecule has 0 rings (SSSR count). The van der Waals surface area contributed by atoms with Gasteiger partial charge in [-0.15, -0.1) is 0 Å². The molecule has 0 fully saturated rings. The molecule has 0 aromatic heterocycles. The van der Waals surface area contributed by atoms with Crippen LogP contribution in [0.15, 0.2) is 0 Å². The summed E-state index contributed by atoms with van der Waals surface area (Å²) in [5.74, 6) is 1.61. The second kappa shape index (κ2) is 31.3. The number of carboxylic acid groups (broad SMARTS) is 1. The van der Waals surface area contributed by atoms with Gasteiger partial charge in [-0.05, 0) is 43.6 Å². The van der Waals surface area contributed by atoms with Crippen LogP contribution >= 0.6 is 11.8 Å². The number of carboxylic acids is 1. The first-order valence-electron chi connectivity index (χ1n) is 16.4. The molecule has 0 saturated carbocycles. The van der Waals surface area contributed by atoms with Crippen molar-refractivity contribution in [3.63, 3.8) is 0 Å². The molecule has 0 unspecified atom stereocenters. The second-order valence-electron chi connectivity index (χ2n) is 11.1. The van der Waals surface area contributed by atoms with Gasteiger partial charge >= 0.3 is 5.97 Å². The number of thioether (sulfide) groups is 1.